The summed E-state index contributed by atoms with van der Waals surface area (Å²) >= 11 is 0. The highest BCUT2D eigenvalue weighted by Crippen LogP contribution is 2.19. The van der Waals surface area contributed by atoms with Gasteiger partial charge >= 0.3 is 0 Å². The molecule has 1 aromatic heterocycles. The molecule has 6 heteroatoms. The molecule has 0 aliphatic rings. The van der Waals surface area contributed by atoms with Crippen molar-refractivity contribution in [1.29, 1.82) is 5.26 Å². The second kappa shape index (κ2) is 10.6. The topological polar surface area (TPSA) is 91.0 Å². The van der Waals surface area contributed by atoms with E-state index in [2.05, 4.69) is 26.6 Å². The number of nitrogens with one attached hydrogen (secondary N) is 1. The molecule has 0 radical (unpaired) electrons. The maximum absolute atomic E-state index is 13.1. The van der Waals surface area contributed by atoms with Crippen molar-refractivity contribution in [3.8, 4) is 17.3 Å². The molecule has 0 saturated carbocycles. The number of aliphatic imine (C=N–C) groups is 1. The summed E-state index contributed by atoms with van der Waals surface area (Å²) in [5, 5.41) is 19.9. The van der Waals surface area contributed by atoms with E-state index in [0.29, 0.717) is 29.9 Å². The number of nitrogens with zero attached hydrogens (tertiary/aromatic N) is 4. The van der Waals surface area contributed by atoms with Crippen molar-refractivity contribution in [2.75, 3.05) is 11.9 Å². The maximum atomic E-state index is 13.1. The van der Waals surface area contributed by atoms with Crippen molar-refractivity contribution in [3.05, 3.63) is 114 Å². The van der Waals surface area contributed by atoms with Gasteiger partial charge in [-0.05, 0) is 48.4 Å². The molecule has 1 N–H and O–H groups in total. The number of rotatable bonds is 7. The number of amides is 1. The summed E-state index contributed by atoms with van der Waals surface area (Å²) in [6, 6.07) is 30.1. The SMILES string of the molecule is N#Cc1ccc(CC/N=C(/C(=O)Nc2ccc(-c3cccnn3)cc2)c2ccccc2)cc1. The molecule has 0 atom stereocenters. The summed E-state index contributed by atoms with van der Waals surface area (Å²) in [6.45, 7) is 0.454. The highest BCUT2D eigenvalue weighted by Gasteiger charge is 2.14. The Hall–Kier alpha value is -4.63. The molecule has 4 aromatic rings. The number of carbonyl (C=O) groups is 1. The smallest absolute Gasteiger partial charge is 0.274 e. The maximum Gasteiger partial charge on any atom is 0.274 e. The number of nitriles is 1. The summed E-state index contributed by atoms with van der Waals surface area (Å²) in [7, 11) is 0. The second-order valence-corrected chi connectivity index (χ2v) is 7.30. The van der Waals surface area contributed by atoms with Gasteiger partial charge in [-0.1, -0.05) is 54.6 Å². The summed E-state index contributed by atoms with van der Waals surface area (Å²) in [6.07, 6.45) is 2.30. The summed E-state index contributed by atoms with van der Waals surface area (Å²) < 4.78 is 0. The van der Waals surface area contributed by atoms with Crippen molar-refractivity contribution in [1.82, 2.24) is 10.2 Å². The number of benzene rings is 3. The Morgan fingerprint density at radius 3 is 2.33 bits per heavy atom. The predicted molar refractivity (Wildman–Crippen MR) is 129 cm³/mol. The zero-order valence-electron chi connectivity index (χ0n) is 17.8. The molecule has 0 spiro atoms. The first-order valence-corrected chi connectivity index (χ1v) is 10.5. The molecule has 0 aliphatic carbocycles. The van der Waals surface area contributed by atoms with Gasteiger partial charge in [0.25, 0.3) is 5.91 Å². The predicted octanol–water partition coefficient (Wildman–Crippen LogP) is 4.69. The average Bonchev–Trinajstić information content (AvgIpc) is 2.88. The van der Waals surface area contributed by atoms with Crippen LogP contribution in [-0.2, 0) is 11.2 Å². The molecule has 3 aromatic carbocycles. The van der Waals surface area contributed by atoms with Crippen LogP contribution in [0.4, 0.5) is 5.69 Å². The minimum absolute atomic E-state index is 0.270. The highest BCUT2D eigenvalue weighted by molar-refractivity contribution is 6.48. The van der Waals surface area contributed by atoms with Gasteiger partial charge in [0.05, 0.1) is 17.3 Å². The Morgan fingerprint density at radius 2 is 1.67 bits per heavy atom. The fraction of sp³-hybridized carbons (Fsp3) is 0.0741. The largest absolute Gasteiger partial charge is 0.321 e. The minimum Gasteiger partial charge on any atom is -0.321 e. The third kappa shape index (κ3) is 5.75. The molecule has 0 aliphatic heterocycles. The molecule has 160 valence electrons. The fourth-order valence-corrected chi connectivity index (χ4v) is 3.30. The van der Waals surface area contributed by atoms with Gasteiger partial charge in [0.1, 0.15) is 5.71 Å². The third-order valence-electron chi connectivity index (χ3n) is 5.03. The van der Waals surface area contributed by atoms with Crippen LogP contribution in [0.3, 0.4) is 0 Å². The number of anilines is 1. The molecule has 1 amide bonds. The van der Waals surface area contributed by atoms with Crippen LogP contribution in [0.5, 0.6) is 0 Å². The zero-order valence-corrected chi connectivity index (χ0v) is 17.8. The van der Waals surface area contributed by atoms with Crippen LogP contribution in [0.2, 0.25) is 0 Å². The normalized spacial score (nSPS) is 10.9. The summed E-state index contributed by atoms with van der Waals surface area (Å²) in [4.78, 5) is 17.7. The monoisotopic (exact) mass is 431 g/mol. The Labute approximate surface area is 192 Å². The third-order valence-corrected chi connectivity index (χ3v) is 5.03. The summed E-state index contributed by atoms with van der Waals surface area (Å²) in [5.74, 6) is -0.270. The lowest BCUT2D eigenvalue weighted by atomic mass is 10.1. The van der Waals surface area contributed by atoms with Crippen LogP contribution in [0.25, 0.3) is 11.3 Å². The molecule has 6 nitrogen and oxygen atoms in total. The van der Waals surface area contributed by atoms with E-state index in [-0.39, 0.29) is 5.91 Å². The van der Waals surface area contributed by atoms with Crippen LogP contribution in [-0.4, -0.2) is 28.4 Å². The lowest BCUT2D eigenvalue weighted by Gasteiger charge is -2.10. The first-order valence-electron chi connectivity index (χ1n) is 10.5. The molecule has 0 saturated heterocycles. The van der Waals surface area contributed by atoms with Gasteiger partial charge in [0.2, 0.25) is 0 Å². The van der Waals surface area contributed by atoms with Crippen molar-refractivity contribution < 1.29 is 4.79 Å². The Kier molecular flexibility index (Phi) is 6.94. The van der Waals surface area contributed by atoms with E-state index in [1.165, 1.54) is 0 Å². The average molecular weight is 431 g/mol. The first-order chi connectivity index (χ1) is 16.2. The van der Waals surface area contributed by atoms with E-state index in [0.717, 1.165) is 22.4 Å². The van der Waals surface area contributed by atoms with Crippen molar-refractivity contribution >= 4 is 17.3 Å². The van der Waals surface area contributed by atoms with Crippen LogP contribution in [0, 0.1) is 11.3 Å². The van der Waals surface area contributed by atoms with E-state index < -0.39 is 0 Å². The van der Waals surface area contributed by atoms with Gasteiger partial charge < -0.3 is 5.32 Å². The summed E-state index contributed by atoms with van der Waals surface area (Å²) in [5.41, 5.74) is 5.17. The zero-order chi connectivity index (χ0) is 22.9. The van der Waals surface area contributed by atoms with Gasteiger partial charge in [-0.25, -0.2) is 0 Å². The molecule has 4 rings (SSSR count). The minimum atomic E-state index is -0.270. The van der Waals surface area contributed by atoms with Crippen molar-refractivity contribution in [3.63, 3.8) is 0 Å². The van der Waals surface area contributed by atoms with E-state index in [1.807, 2.05) is 78.9 Å². The van der Waals surface area contributed by atoms with Gasteiger partial charge in [-0.2, -0.15) is 15.5 Å². The number of carbonyl (C=O) groups excluding carboxylic acids is 1. The lowest BCUT2D eigenvalue weighted by molar-refractivity contribution is -0.110. The fourth-order valence-electron chi connectivity index (χ4n) is 3.30. The van der Waals surface area contributed by atoms with Crippen molar-refractivity contribution in [2.45, 2.75) is 6.42 Å². The number of aromatic nitrogens is 2. The molecule has 33 heavy (non-hydrogen) atoms. The van der Waals surface area contributed by atoms with Crippen molar-refractivity contribution in [2.24, 2.45) is 4.99 Å². The molecule has 1 heterocycles. The van der Waals surface area contributed by atoms with Crippen LogP contribution in [0.15, 0.2) is 102 Å². The quantitative estimate of drug-likeness (QED) is 0.430. The molecule has 0 unspecified atom stereocenters. The van der Waals surface area contributed by atoms with Gasteiger partial charge in [0, 0.05) is 29.6 Å². The Bertz CT molecular complexity index is 1280. The Balaban J connectivity index is 1.49. The standard InChI is InChI=1S/C27H21N5O/c28-19-21-10-8-20(9-11-21)16-18-29-26(23-5-2-1-3-6-23)27(33)31-24-14-12-22(13-15-24)25-7-4-17-30-32-25/h1-15,17H,16,18H2,(H,31,33)/b29-26+. The van der Waals surface area contributed by atoms with E-state index in [9.17, 15) is 4.79 Å². The number of hydrogen-bond acceptors (Lipinski definition) is 5. The van der Waals surface area contributed by atoms with Gasteiger partial charge in [-0.15, -0.1) is 0 Å². The molecular weight excluding hydrogens is 410 g/mol. The molecule has 0 fully saturated rings. The highest BCUT2D eigenvalue weighted by atomic mass is 16.1. The van der Waals surface area contributed by atoms with Crippen LogP contribution in [0.1, 0.15) is 16.7 Å². The Morgan fingerprint density at radius 1 is 0.909 bits per heavy atom. The van der Waals surface area contributed by atoms with E-state index in [4.69, 9.17) is 5.26 Å². The van der Waals surface area contributed by atoms with Crippen LogP contribution >= 0.6 is 0 Å². The second-order valence-electron chi connectivity index (χ2n) is 7.30. The molecule has 0 bridgehead atoms. The number of hydrogen-bond donors (Lipinski definition) is 1. The molecular formula is C27H21N5O. The lowest BCUT2D eigenvalue weighted by Crippen LogP contribution is -2.24. The van der Waals surface area contributed by atoms with Gasteiger partial charge in [0.15, 0.2) is 0 Å². The van der Waals surface area contributed by atoms with E-state index in [1.54, 1.807) is 18.3 Å². The van der Waals surface area contributed by atoms with E-state index >= 15 is 0 Å². The van der Waals surface area contributed by atoms with Gasteiger partial charge in [-0.3, -0.25) is 9.79 Å². The van der Waals surface area contributed by atoms with Crippen LogP contribution < -0.4 is 5.32 Å². The first kappa shape index (κ1) is 21.6.